The lowest BCUT2D eigenvalue weighted by molar-refractivity contribution is -0.122. The topological polar surface area (TPSA) is 44.4 Å². The van der Waals surface area contributed by atoms with Crippen LogP contribution < -0.4 is 10.6 Å². The second-order valence-electron chi connectivity index (χ2n) is 6.17. The lowest BCUT2D eigenvalue weighted by Crippen LogP contribution is -2.40. The quantitative estimate of drug-likeness (QED) is 0.865. The van der Waals surface area contributed by atoms with E-state index < -0.39 is 0 Å². The van der Waals surface area contributed by atoms with Gasteiger partial charge >= 0.3 is 0 Å². The van der Waals surface area contributed by atoms with Gasteiger partial charge < -0.3 is 10.6 Å². The van der Waals surface area contributed by atoms with E-state index >= 15 is 0 Å². The fourth-order valence-corrected chi connectivity index (χ4v) is 3.26. The molecule has 0 aromatic heterocycles. The van der Waals surface area contributed by atoms with Crippen LogP contribution in [0.1, 0.15) is 36.8 Å². The summed E-state index contributed by atoms with van der Waals surface area (Å²) < 4.78 is 0. The summed E-state index contributed by atoms with van der Waals surface area (Å²) in [6.07, 6.45) is 4.71. The molecule has 4 nitrogen and oxygen atoms in total. The van der Waals surface area contributed by atoms with E-state index in [0.29, 0.717) is 6.54 Å². The van der Waals surface area contributed by atoms with Crippen molar-refractivity contribution in [3.63, 3.8) is 0 Å². The van der Waals surface area contributed by atoms with Crippen molar-refractivity contribution in [2.75, 3.05) is 19.6 Å². The van der Waals surface area contributed by atoms with Gasteiger partial charge in [0.2, 0.25) is 5.91 Å². The second-order valence-corrected chi connectivity index (χ2v) is 6.17. The van der Waals surface area contributed by atoms with Crippen molar-refractivity contribution in [1.29, 1.82) is 0 Å². The van der Waals surface area contributed by atoms with Gasteiger partial charge in [0.15, 0.2) is 0 Å². The van der Waals surface area contributed by atoms with Crippen molar-refractivity contribution in [2.45, 2.75) is 44.8 Å². The van der Waals surface area contributed by atoms with Gasteiger partial charge in [0.1, 0.15) is 0 Å². The zero-order valence-corrected chi connectivity index (χ0v) is 12.6. The van der Waals surface area contributed by atoms with E-state index in [4.69, 9.17) is 0 Å². The van der Waals surface area contributed by atoms with E-state index in [9.17, 15) is 4.79 Å². The third-order valence-corrected chi connectivity index (χ3v) is 4.44. The summed E-state index contributed by atoms with van der Waals surface area (Å²) in [4.78, 5) is 14.5. The molecule has 21 heavy (non-hydrogen) atoms. The van der Waals surface area contributed by atoms with Gasteiger partial charge in [0.25, 0.3) is 0 Å². The molecule has 2 heterocycles. The molecule has 0 bridgehead atoms. The number of nitrogens with zero attached hydrogens (tertiary/aromatic N) is 1. The van der Waals surface area contributed by atoms with Gasteiger partial charge in [0.05, 0.1) is 6.04 Å². The van der Waals surface area contributed by atoms with E-state index in [1.165, 1.54) is 37.1 Å². The molecule has 0 aliphatic carbocycles. The molecule has 1 aromatic carbocycles. The van der Waals surface area contributed by atoms with Crippen LogP contribution in [0.15, 0.2) is 24.3 Å². The Morgan fingerprint density at radius 2 is 2.05 bits per heavy atom. The Morgan fingerprint density at radius 1 is 1.24 bits per heavy atom. The number of carbonyl (C=O) groups excluding carboxylic acids is 1. The Balaban J connectivity index is 1.51. The second kappa shape index (κ2) is 7.05. The molecule has 0 unspecified atom stereocenters. The Hall–Kier alpha value is -1.39. The molecule has 2 saturated heterocycles. The average Bonchev–Trinajstić information content (AvgIpc) is 3.18. The van der Waals surface area contributed by atoms with E-state index in [-0.39, 0.29) is 11.9 Å². The van der Waals surface area contributed by atoms with Crippen LogP contribution in [0.3, 0.4) is 0 Å². The zero-order valence-electron chi connectivity index (χ0n) is 12.6. The first-order valence-electron chi connectivity index (χ1n) is 8.12. The summed E-state index contributed by atoms with van der Waals surface area (Å²) in [6.45, 7) is 5.06. The summed E-state index contributed by atoms with van der Waals surface area (Å²) >= 11 is 0. The van der Waals surface area contributed by atoms with Gasteiger partial charge in [-0.3, -0.25) is 9.69 Å². The van der Waals surface area contributed by atoms with Crippen molar-refractivity contribution in [2.24, 2.45) is 0 Å². The van der Waals surface area contributed by atoms with Crippen molar-refractivity contribution in [3.8, 4) is 0 Å². The molecule has 4 heteroatoms. The van der Waals surface area contributed by atoms with E-state index in [2.05, 4.69) is 39.8 Å². The Morgan fingerprint density at radius 3 is 2.81 bits per heavy atom. The third kappa shape index (κ3) is 4.05. The minimum Gasteiger partial charge on any atom is -0.351 e. The minimum atomic E-state index is 0.0118. The number of nitrogens with one attached hydrogen (secondary N) is 2. The van der Waals surface area contributed by atoms with E-state index in [1.807, 2.05) is 0 Å². The molecule has 2 N–H and O–H groups in total. The number of rotatable bonds is 5. The Kier molecular flexibility index (Phi) is 4.88. The maximum Gasteiger partial charge on any atom is 0.237 e. The highest BCUT2D eigenvalue weighted by molar-refractivity contribution is 5.81. The molecular weight excluding hydrogens is 262 g/mol. The molecule has 2 aliphatic heterocycles. The van der Waals surface area contributed by atoms with Crippen molar-refractivity contribution >= 4 is 5.91 Å². The fourth-order valence-electron chi connectivity index (χ4n) is 3.26. The minimum absolute atomic E-state index is 0.0118. The molecule has 1 atom stereocenters. The van der Waals surface area contributed by atoms with Crippen LogP contribution in [-0.4, -0.2) is 36.5 Å². The van der Waals surface area contributed by atoms with E-state index in [1.54, 1.807) is 0 Å². The Bertz CT molecular complexity index is 477. The monoisotopic (exact) mass is 287 g/mol. The zero-order chi connectivity index (χ0) is 14.5. The summed E-state index contributed by atoms with van der Waals surface area (Å²) in [5, 5.41) is 6.28. The first-order chi connectivity index (χ1) is 10.3. The van der Waals surface area contributed by atoms with Crippen LogP contribution in [0, 0.1) is 0 Å². The smallest absolute Gasteiger partial charge is 0.237 e. The molecule has 114 valence electrons. The molecule has 0 radical (unpaired) electrons. The van der Waals surface area contributed by atoms with Gasteiger partial charge in [0, 0.05) is 13.1 Å². The fraction of sp³-hybridized carbons (Fsp3) is 0.588. The highest BCUT2D eigenvalue weighted by atomic mass is 16.2. The third-order valence-electron chi connectivity index (χ3n) is 4.44. The molecule has 2 aliphatic rings. The maximum atomic E-state index is 12.0. The number of hydrogen-bond donors (Lipinski definition) is 2. The van der Waals surface area contributed by atoms with Crippen molar-refractivity contribution < 1.29 is 4.79 Å². The van der Waals surface area contributed by atoms with Crippen LogP contribution in [0.5, 0.6) is 0 Å². The first-order valence-corrected chi connectivity index (χ1v) is 8.12. The predicted molar refractivity (Wildman–Crippen MR) is 83.8 cm³/mol. The number of hydrogen-bond acceptors (Lipinski definition) is 3. The molecule has 1 amide bonds. The van der Waals surface area contributed by atoms with Crippen LogP contribution in [-0.2, 0) is 17.9 Å². The molecule has 3 rings (SSSR count). The maximum absolute atomic E-state index is 12.0. The first kappa shape index (κ1) is 14.5. The summed E-state index contributed by atoms with van der Waals surface area (Å²) in [5.41, 5.74) is 2.54. The largest absolute Gasteiger partial charge is 0.351 e. The highest BCUT2D eigenvalue weighted by Crippen LogP contribution is 2.14. The van der Waals surface area contributed by atoms with Gasteiger partial charge in [-0.2, -0.15) is 0 Å². The molecular formula is C17H25N3O. The SMILES string of the molecule is O=C(NCc1cccc(CN2CCCC2)c1)[C@@H]1CCCN1. The van der Waals surface area contributed by atoms with Crippen molar-refractivity contribution in [1.82, 2.24) is 15.5 Å². The normalized spacial score (nSPS) is 22.6. The summed E-state index contributed by atoms with van der Waals surface area (Å²) in [7, 11) is 0. The lowest BCUT2D eigenvalue weighted by atomic mass is 10.1. The molecule has 2 fully saturated rings. The van der Waals surface area contributed by atoms with Crippen LogP contribution >= 0.6 is 0 Å². The Labute approximate surface area is 126 Å². The van der Waals surface area contributed by atoms with Crippen LogP contribution in [0.2, 0.25) is 0 Å². The summed E-state index contributed by atoms with van der Waals surface area (Å²) in [5.74, 6) is 0.137. The number of amides is 1. The highest BCUT2D eigenvalue weighted by Gasteiger charge is 2.21. The van der Waals surface area contributed by atoms with E-state index in [0.717, 1.165) is 25.9 Å². The summed E-state index contributed by atoms with van der Waals surface area (Å²) in [6, 6.07) is 8.61. The lowest BCUT2D eigenvalue weighted by Gasteiger charge is -2.15. The molecule has 1 aromatic rings. The van der Waals surface area contributed by atoms with Gasteiger partial charge in [-0.15, -0.1) is 0 Å². The number of benzene rings is 1. The standard InChI is InChI=1S/C17H25N3O/c21-17(16-7-4-8-18-16)19-12-14-5-3-6-15(11-14)13-20-9-1-2-10-20/h3,5-6,11,16,18H,1-2,4,7-10,12-13H2,(H,19,21)/t16-/m0/s1. The average molecular weight is 287 g/mol. The number of likely N-dealkylation sites (tertiary alicyclic amines) is 1. The van der Waals surface area contributed by atoms with Crippen molar-refractivity contribution in [3.05, 3.63) is 35.4 Å². The number of carbonyl (C=O) groups is 1. The van der Waals surface area contributed by atoms with Gasteiger partial charge in [-0.05, 0) is 56.4 Å². The molecule has 0 saturated carbocycles. The van der Waals surface area contributed by atoms with Gasteiger partial charge in [-0.25, -0.2) is 0 Å². The predicted octanol–water partition coefficient (Wildman–Crippen LogP) is 1.65. The van der Waals surface area contributed by atoms with Crippen LogP contribution in [0.4, 0.5) is 0 Å². The van der Waals surface area contributed by atoms with Crippen LogP contribution in [0.25, 0.3) is 0 Å². The molecule has 0 spiro atoms. The van der Waals surface area contributed by atoms with Gasteiger partial charge in [-0.1, -0.05) is 24.3 Å².